The summed E-state index contributed by atoms with van der Waals surface area (Å²) in [6, 6.07) is 11.1. The van der Waals surface area contributed by atoms with Crippen molar-refractivity contribution in [1.29, 1.82) is 0 Å². The molecule has 1 aliphatic carbocycles. The molecule has 98 valence electrons. The van der Waals surface area contributed by atoms with Crippen LogP contribution in [0.1, 0.15) is 43.7 Å². The molecule has 0 radical (unpaired) electrons. The van der Waals surface area contributed by atoms with Crippen LogP contribution in [0.15, 0.2) is 30.3 Å². The van der Waals surface area contributed by atoms with Crippen molar-refractivity contribution in [2.45, 2.75) is 38.1 Å². The lowest BCUT2D eigenvalue weighted by molar-refractivity contribution is -0.118. The van der Waals surface area contributed by atoms with Gasteiger partial charge < -0.3 is 11.1 Å². The van der Waals surface area contributed by atoms with Crippen LogP contribution in [0.5, 0.6) is 0 Å². The van der Waals surface area contributed by atoms with Crippen molar-refractivity contribution in [3.05, 3.63) is 35.9 Å². The molecule has 1 amide bonds. The van der Waals surface area contributed by atoms with Crippen LogP contribution in [-0.4, -0.2) is 12.5 Å². The van der Waals surface area contributed by atoms with Crippen molar-refractivity contribution >= 4 is 5.91 Å². The number of benzene rings is 1. The minimum Gasteiger partial charge on any atom is -0.370 e. The topological polar surface area (TPSA) is 55.1 Å². The van der Waals surface area contributed by atoms with Crippen LogP contribution >= 0.6 is 0 Å². The first-order valence-corrected chi connectivity index (χ1v) is 6.84. The number of nitrogens with one attached hydrogen (secondary N) is 1. The van der Waals surface area contributed by atoms with E-state index in [9.17, 15) is 4.79 Å². The van der Waals surface area contributed by atoms with Gasteiger partial charge in [0.25, 0.3) is 0 Å². The smallest absolute Gasteiger partial charge is 0.217 e. The molecule has 1 atom stereocenters. The second-order valence-electron chi connectivity index (χ2n) is 5.10. The van der Waals surface area contributed by atoms with Gasteiger partial charge in [-0.2, -0.15) is 0 Å². The van der Waals surface area contributed by atoms with Crippen molar-refractivity contribution in [2.24, 2.45) is 11.7 Å². The minimum absolute atomic E-state index is 0.197. The van der Waals surface area contributed by atoms with Gasteiger partial charge in [0, 0.05) is 12.5 Å². The van der Waals surface area contributed by atoms with E-state index in [4.69, 9.17) is 5.73 Å². The number of hydrogen-bond acceptors (Lipinski definition) is 2. The first-order valence-electron chi connectivity index (χ1n) is 6.84. The van der Waals surface area contributed by atoms with E-state index in [1.54, 1.807) is 0 Å². The Morgan fingerprint density at radius 3 is 2.61 bits per heavy atom. The number of carbonyl (C=O) groups excluding carboxylic acids is 1. The molecular formula is C15H22N2O. The highest BCUT2D eigenvalue weighted by Crippen LogP contribution is 2.40. The van der Waals surface area contributed by atoms with Crippen molar-refractivity contribution in [3.63, 3.8) is 0 Å². The van der Waals surface area contributed by atoms with Crippen molar-refractivity contribution in [3.8, 4) is 0 Å². The first-order chi connectivity index (χ1) is 8.77. The largest absolute Gasteiger partial charge is 0.370 e. The molecule has 0 saturated heterocycles. The van der Waals surface area contributed by atoms with Gasteiger partial charge in [0.1, 0.15) is 0 Å². The third-order valence-corrected chi connectivity index (χ3v) is 3.47. The Bertz CT molecular complexity index is 373. The van der Waals surface area contributed by atoms with Crippen LogP contribution in [0.3, 0.4) is 0 Å². The predicted molar refractivity (Wildman–Crippen MR) is 73.0 cm³/mol. The number of hydrogen-bond donors (Lipinski definition) is 2. The lowest BCUT2D eigenvalue weighted by atomic mass is 10.0. The Kier molecular flexibility index (Phi) is 4.76. The Labute approximate surface area is 109 Å². The zero-order chi connectivity index (χ0) is 12.8. The molecule has 0 bridgehead atoms. The normalized spacial score (nSPS) is 16.4. The van der Waals surface area contributed by atoms with Gasteiger partial charge >= 0.3 is 0 Å². The van der Waals surface area contributed by atoms with E-state index in [0.717, 1.165) is 25.3 Å². The first kappa shape index (κ1) is 13.1. The third kappa shape index (κ3) is 4.15. The quantitative estimate of drug-likeness (QED) is 0.692. The molecule has 0 aromatic heterocycles. The van der Waals surface area contributed by atoms with Gasteiger partial charge in [0.2, 0.25) is 5.91 Å². The number of rotatable bonds is 8. The summed E-state index contributed by atoms with van der Waals surface area (Å²) in [5.41, 5.74) is 6.51. The minimum atomic E-state index is -0.197. The van der Waals surface area contributed by atoms with E-state index in [1.807, 2.05) is 0 Å². The fraction of sp³-hybridized carbons (Fsp3) is 0.533. The molecule has 1 aromatic carbocycles. The van der Waals surface area contributed by atoms with E-state index in [2.05, 4.69) is 35.6 Å². The van der Waals surface area contributed by atoms with Gasteiger partial charge in [-0.1, -0.05) is 30.3 Å². The molecule has 1 fully saturated rings. The van der Waals surface area contributed by atoms with Crippen LogP contribution < -0.4 is 11.1 Å². The fourth-order valence-electron chi connectivity index (χ4n) is 2.33. The zero-order valence-corrected chi connectivity index (χ0v) is 10.8. The summed E-state index contributed by atoms with van der Waals surface area (Å²) >= 11 is 0. The maximum atomic E-state index is 10.6. The van der Waals surface area contributed by atoms with E-state index < -0.39 is 0 Å². The van der Waals surface area contributed by atoms with Crippen LogP contribution in [0.2, 0.25) is 0 Å². The van der Waals surface area contributed by atoms with E-state index in [1.165, 1.54) is 18.4 Å². The average Bonchev–Trinajstić information content (AvgIpc) is 3.19. The zero-order valence-electron chi connectivity index (χ0n) is 10.8. The lowest BCUT2D eigenvalue weighted by Gasteiger charge is -2.18. The summed E-state index contributed by atoms with van der Waals surface area (Å²) in [4.78, 5) is 10.6. The van der Waals surface area contributed by atoms with Crippen LogP contribution in [-0.2, 0) is 4.79 Å². The average molecular weight is 246 g/mol. The second-order valence-corrected chi connectivity index (χ2v) is 5.10. The Morgan fingerprint density at radius 2 is 2.00 bits per heavy atom. The molecule has 0 heterocycles. The molecular weight excluding hydrogens is 224 g/mol. The summed E-state index contributed by atoms with van der Waals surface area (Å²) in [6.45, 7) is 0.962. The molecule has 1 aromatic rings. The predicted octanol–water partition coefficient (Wildman–Crippen LogP) is 2.38. The summed E-state index contributed by atoms with van der Waals surface area (Å²) < 4.78 is 0. The lowest BCUT2D eigenvalue weighted by Crippen LogP contribution is -2.24. The highest BCUT2D eigenvalue weighted by molar-refractivity contribution is 5.73. The fourth-order valence-corrected chi connectivity index (χ4v) is 2.33. The summed E-state index contributed by atoms with van der Waals surface area (Å²) in [5, 5.41) is 3.62. The number of unbranched alkanes of at least 4 members (excludes halogenated alkanes) is 1. The SMILES string of the molecule is NC(=O)CCCCNC(c1ccccc1)C1CC1. The van der Waals surface area contributed by atoms with E-state index >= 15 is 0 Å². The maximum absolute atomic E-state index is 10.6. The summed E-state index contributed by atoms with van der Waals surface area (Å²) in [6.07, 6.45) is 5.05. The summed E-state index contributed by atoms with van der Waals surface area (Å²) in [7, 11) is 0. The second kappa shape index (κ2) is 6.55. The van der Waals surface area contributed by atoms with Gasteiger partial charge in [-0.3, -0.25) is 4.79 Å². The highest BCUT2D eigenvalue weighted by Gasteiger charge is 2.31. The number of primary amides is 1. The molecule has 3 N–H and O–H groups in total. The van der Waals surface area contributed by atoms with Crippen LogP contribution in [0.4, 0.5) is 0 Å². The molecule has 1 aliphatic rings. The number of amides is 1. The molecule has 18 heavy (non-hydrogen) atoms. The Hall–Kier alpha value is -1.35. The molecule has 2 rings (SSSR count). The summed E-state index contributed by atoms with van der Waals surface area (Å²) in [5.74, 6) is 0.598. The van der Waals surface area contributed by atoms with Gasteiger partial charge in [-0.05, 0) is 43.7 Å². The highest BCUT2D eigenvalue weighted by atomic mass is 16.1. The van der Waals surface area contributed by atoms with Gasteiger partial charge in [-0.25, -0.2) is 0 Å². The van der Waals surface area contributed by atoms with Crippen molar-refractivity contribution in [2.75, 3.05) is 6.54 Å². The Morgan fingerprint density at radius 1 is 1.28 bits per heavy atom. The van der Waals surface area contributed by atoms with Crippen LogP contribution in [0.25, 0.3) is 0 Å². The van der Waals surface area contributed by atoms with E-state index in [-0.39, 0.29) is 5.91 Å². The van der Waals surface area contributed by atoms with Crippen LogP contribution in [0, 0.1) is 5.92 Å². The molecule has 0 spiro atoms. The van der Waals surface area contributed by atoms with E-state index in [0.29, 0.717) is 12.5 Å². The van der Waals surface area contributed by atoms with Gasteiger partial charge in [0.05, 0.1) is 0 Å². The third-order valence-electron chi connectivity index (χ3n) is 3.47. The molecule has 3 heteroatoms. The monoisotopic (exact) mass is 246 g/mol. The van der Waals surface area contributed by atoms with Gasteiger partial charge in [0.15, 0.2) is 0 Å². The van der Waals surface area contributed by atoms with Gasteiger partial charge in [-0.15, -0.1) is 0 Å². The standard InChI is InChI=1S/C15H22N2O/c16-14(18)8-4-5-11-17-15(13-9-10-13)12-6-2-1-3-7-12/h1-3,6-7,13,15,17H,4-5,8-11H2,(H2,16,18). The Balaban J connectivity index is 1.76. The molecule has 0 aliphatic heterocycles. The number of nitrogens with two attached hydrogens (primary N) is 1. The maximum Gasteiger partial charge on any atom is 0.217 e. The molecule has 1 unspecified atom stereocenters. The molecule has 3 nitrogen and oxygen atoms in total. The van der Waals surface area contributed by atoms with Crippen molar-refractivity contribution < 1.29 is 4.79 Å². The molecule has 1 saturated carbocycles. The number of carbonyl (C=O) groups is 1. The van der Waals surface area contributed by atoms with Crippen molar-refractivity contribution in [1.82, 2.24) is 5.32 Å².